The van der Waals surface area contributed by atoms with Crippen LogP contribution in [0.15, 0.2) is 24.3 Å². The van der Waals surface area contributed by atoms with Gasteiger partial charge in [0.25, 0.3) is 0 Å². The molecule has 21 heavy (non-hydrogen) atoms. The summed E-state index contributed by atoms with van der Waals surface area (Å²) in [5, 5.41) is 12.4. The monoisotopic (exact) mass is 290 g/mol. The van der Waals surface area contributed by atoms with Crippen molar-refractivity contribution in [2.24, 2.45) is 5.92 Å². The van der Waals surface area contributed by atoms with Crippen molar-refractivity contribution >= 4 is 17.6 Å². The minimum atomic E-state index is -0.917. The highest BCUT2D eigenvalue weighted by Gasteiger charge is 2.40. The summed E-state index contributed by atoms with van der Waals surface area (Å²) in [4.78, 5) is 25.3. The van der Waals surface area contributed by atoms with E-state index in [2.05, 4.69) is 5.32 Å². The predicted molar refractivity (Wildman–Crippen MR) is 76.1 cm³/mol. The van der Waals surface area contributed by atoms with Gasteiger partial charge in [-0.25, -0.2) is 0 Å². The molecule has 112 valence electrons. The van der Waals surface area contributed by atoms with E-state index >= 15 is 0 Å². The maximum Gasteiger partial charge on any atom is 0.311 e. The van der Waals surface area contributed by atoms with Crippen molar-refractivity contribution in [3.63, 3.8) is 0 Å². The van der Waals surface area contributed by atoms with Gasteiger partial charge in [0.05, 0.1) is 19.3 Å². The minimum Gasteiger partial charge on any atom is -0.481 e. The molecular weight excluding hydrogens is 272 g/mol. The Bertz CT molecular complexity index is 550. The molecular formula is C15H18N2O4. The zero-order valence-corrected chi connectivity index (χ0v) is 11.8. The predicted octanol–water partition coefficient (Wildman–Crippen LogP) is 0.581. The lowest BCUT2D eigenvalue weighted by molar-refractivity contribution is -0.144. The van der Waals surface area contributed by atoms with Gasteiger partial charge < -0.3 is 20.1 Å². The summed E-state index contributed by atoms with van der Waals surface area (Å²) in [5.74, 6) is -1.66. The normalized spacial score (nSPS) is 27.0. The Hall–Kier alpha value is -2.08. The number of para-hydroxylation sites is 1. The Morgan fingerprint density at radius 1 is 1.33 bits per heavy atom. The second kappa shape index (κ2) is 5.37. The number of ether oxygens (including phenoxy) is 1. The number of likely N-dealkylation sites (N-methyl/N-ethyl adjacent to an activating group) is 1. The Morgan fingerprint density at radius 3 is 2.81 bits per heavy atom. The molecule has 1 aromatic carbocycles. The van der Waals surface area contributed by atoms with Crippen LogP contribution in [0.3, 0.4) is 0 Å². The third-order valence-corrected chi connectivity index (χ3v) is 4.28. The van der Waals surface area contributed by atoms with E-state index in [1.807, 2.05) is 24.3 Å². The van der Waals surface area contributed by atoms with Crippen LogP contribution in [0.5, 0.6) is 0 Å². The molecule has 0 spiro atoms. The highest BCUT2D eigenvalue weighted by molar-refractivity contribution is 5.88. The van der Waals surface area contributed by atoms with Crippen LogP contribution in [0.2, 0.25) is 0 Å². The van der Waals surface area contributed by atoms with Gasteiger partial charge >= 0.3 is 5.97 Å². The van der Waals surface area contributed by atoms with Crippen LogP contribution < -0.4 is 5.32 Å². The number of carbonyl (C=O) groups excluding carboxylic acids is 1. The number of carboxylic acid groups (broad SMARTS) is 1. The van der Waals surface area contributed by atoms with E-state index in [1.54, 1.807) is 7.05 Å². The van der Waals surface area contributed by atoms with E-state index < -0.39 is 17.9 Å². The van der Waals surface area contributed by atoms with Gasteiger partial charge in [-0.05, 0) is 11.6 Å². The van der Waals surface area contributed by atoms with Crippen molar-refractivity contribution in [2.45, 2.75) is 18.5 Å². The molecule has 0 aliphatic carbocycles. The van der Waals surface area contributed by atoms with Crippen LogP contribution in [0.1, 0.15) is 5.56 Å². The van der Waals surface area contributed by atoms with E-state index in [9.17, 15) is 14.7 Å². The molecule has 1 fully saturated rings. The van der Waals surface area contributed by atoms with Gasteiger partial charge in [-0.15, -0.1) is 0 Å². The zero-order chi connectivity index (χ0) is 15.0. The zero-order valence-electron chi connectivity index (χ0n) is 11.8. The number of carbonyl (C=O) groups is 2. The van der Waals surface area contributed by atoms with Gasteiger partial charge in [-0.3, -0.25) is 9.59 Å². The second-order valence-electron chi connectivity index (χ2n) is 5.56. The number of aliphatic carboxylic acids is 1. The molecule has 1 aromatic rings. The van der Waals surface area contributed by atoms with E-state index in [4.69, 9.17) is 4.74 Å². The lowest BCUT2D eigenvalue weighted by Gasteiger charge is -2.28. The summed E-state index contributed by atoms with van der Waals surface area (Å²) in [5.41, 5.74) is 2.09. The standard InChI is InChI=1S/C15H18N2O4/c1-17(13-8-21-7-10(13)15(19)20)14(18)12-6-9-4-2-3-5-11(9)16-12/h2-5,10,12-13,16H,6-8H2,1H3,(H,19,20). The number of amides is 1. The minimum absolute atomic E-state index is 0.0899. The highest BCUT2D eigenvalue weighted by atomic mass is 16.5. The number of rotatable bonds is 3. The average Bonchev–Trinajstić information content (AvgIpc) is 3.11. The van der Waals surface area contributed by atoms with E-state index in [0.717, 1.165) is 11.3 Å². The largest absolute Gasteiger partial charge is 0.481 e. The molecule has 0 bridgehead atoms. The first-order valence-electron chi connectivity index (χ1n) is 6.99. The topological polar surface area (TPSA) is 78.9 Å². The fourth-order valence-corrected chi connectivity index (χ4v) is 3.02. The van der Waals surface area contributed by atoms with E-state index in [1.165, 1.54) is 4.90 Å². The SMILES string of the molecule is CN(C(=O)C1Cc2ccccc2N1)C1COCC1C(=O)O. The number of hydrogen-bond acceptors (Lipinski definition) is 4. The number of benzene rings is 1. The van der Waals surface area contributed by atoms with Crippen molar-refractivity contribution in [1.29, 1.82) is 0 Å². The van der Waals surface area contributed by atoms with Crippen LogP contribution in [0.25, 0.3) is 0 Å². The number of hydrogen-bond donors (Lipinski definition) is 2. The van der Waals surface area contributed by atoms with Crippen LogP contribution in [0.4, 0.5) is 5.69 Å². The number of fused-ring (bicyclic) bond motifs is 1. The van der Waals surface area contributed by atoms with Crippen LogP contribution in [0, 0.1) is 5.92 Å². The van der Waals surface area contributed by atoms with Crippen LogP contribution >= 0.6 is 0 Å². The summed E-state index contributed by atoms with van der Waals surface area (Å²) in [7, 11) is 1.66. The summed E-state index contributed by atoms with van der Waals surface area (Å²) < 4.78 is 5.23. The number of nitrogens with one attached hydrogen (secondary N) is 1. The molecule has 2 aliphatic rings. The first kappa shape index (κ1) is 13.9. The summed E-state index contributed by atoms with van der Waals surface area (Å²) in [6.07, 6.45) is 0.630. The molecule has 1 saturated heterocycles. The van der Waals surface area contributed by atoms with Crippen molar-refractivity contribution in [3.8, 4) is 0 Å². The summed E-state index contributed by atoms with van der Waals surface area (Å²) in [6.45, 7) is 0.439. The number of carboxylic acids is 1. The molecule has 1 amide bonds. The maximum absolute atomic E-state index is 12.6. The Balaban J connectivity index is 1.70. The second-order valence-corrected chi connectivity index (χ2v) is 5.56. The van der Waals surface area contributed by atoms with Gasteiger partial charge in [0.2, 0.25) is 5.91 Å². The van der Waals surface area contributed by atoms with Crippen molar-refractivity contribution < 1.29 is 19.4 Å². The third kappa shape index (κ3) is 2.47. The molecule has 0 aromatic heterocycles. The lowest BCUT2D eigenvalue weighted by Crippen LogP contribution is -2.49. The smallest absolute Gasteiger partial charge is 0.311 e. The molecule has 6 heteroatoms. The van der Waals surface area contributed by atoms with Crippen LogP contribution in [-0.2, 0) is 20.7 Å². The number of anilines is 1. The first-order valence-corrected chi connectivity index (χ1v) is 6.99. The molecule has 0 saturated carbocycles. The van der Waals surface area contributed by atoms with Gasteiger partial charge in [-0.1, -0.05) is 18.2 Å². The lowest BCUT2D eigenvalue weighted by atomic mass is 10.0. The molecule has 3 unspecified atom stereocenters. The number of nitrogens with zero attached hydrogens (tertiary/aromatic N) is 1. The molecule has 3 rings (SSSR count). The Kier molecular flexibility index (Phi) is 3.55. The maximum atomic E-state index is 12.6. The van der Waals surface area contributed by atoms with Gasteiger partial charge in [0, 0.05) is 19.2 Å². The van der Waals surface area contributed by atoms with Crippen molar-refractivity contribution in [3.05, 3.63) is 29.8 Å². The summed E-state index contributed by atoms with van der Waals surface area (Å²) in [6, 6.07) is 7.08. The molecule has 6 nitrogen and oxygen atoms in total. The van der Waals surface area contributed by atoms with E-state index in [0.29, 0.717) is 6.42 Å². The van der Waals surface area contributed by atoms with Gasteiger partial charge in [-0.2, -0.15) is 0 Å². The molecule has 3 atom stereocenters. The first-order chi connectivity index (χ1) is 10.1. The Morgan fingerprint density at radius 2 is 2.10 bits per heavy atom. The van der Waals surface area contributed by atoms with Gasteiger partial charge in [0.1, 0.15) is 12.0 Å². The molecule has 2 aliphatic heterocycles. The van der Waals surface area contributed by atoms with E-state index in [-0.39, 0.29) is 25.2 Å². The quantitative estimate of drug-likeness (QED) is 0.851. The highest BCUT2D eigenvalue weighted by Crippen LogP contribution is 2.27. The van der Waals surface area contributed by atoms with Gasteiger partial charge in [0.15, 0.2) is 0 Å². The van der Waals surface area contributed by atoms with Crippen LogP contribution in [-0.4, -0.2) is 54.2 Å². The van der Waals surface area contributed by atoms with Crippen molar-refractivity contribution in [2.75, 3.05) is 25.6 Å². The third-order valence-electron chi connectivity index (χ3n) is 4.28. The average molecular weight is 290 g/mol. The Labute approximate surface area is 122 Å². The molecule has 2 N–H and O–H groups in total. The fraction of sp³-hybridized carbons (Fsp3) is 0.467. The molecule has 0 radical (unpaired) electrons. The van der Waals surface area contributed by atoms with Crippen molar-refractivity contribution in [1.82, 2.24) is 4.90 Å². The fourth-order valence-electron chi connectivity index (χ4n) is 3.02. The molecule has 2 heterocycles. The summed E-state index contributed by atoms with van der Waals surface area (Å²) >= 11 is 0.